The van der Waals surface area contributed by atoms with Crippen LogP contribution in [0, 0.1) is 11.8 Å². The number of hydrogen-bond donors (Lipinski definition) is 1. The number of nitrogens with zero attached hydrogens (tertiary/aromatic N) is 1. The first-order valence-corrected chi connectivity index (χ1v) is 6.99. The van der Waals surface area contributed by atoms with E-state index in [0.717, 1.165) is 13.1 Å². The van der Waals surface area contributed by atoms with Crippen LogP contribution in [0.25, 0.3) is 0 Å². The molecule has 0 bridgehead atoms. The minimum absolute atomic E-state index is 0.268. The van der Waals surface area contributed by atoms with Gasteiger partial charge in [-0.05, 0) is 51.2 Å². The van der Waals surface area contributed by atoms with E-state index in [-0.39, 0.29) is 12.8 Å². The molecule has 1 N–H and O–H groups in total. The lowest BCUT2D eigenvalue weighted by Gasteiger charge is -2.38. The summed E-state index contributed by atoms with van der Waals surface area (Å²) in [5, 5.41) is 3.49. The van der Waals surface area contributed by atoms with Crippen molar-refractivity contribution in [1.29, 1.82) is 0 Å². The molecular formula is C13H23F3N2. The Kier molecular flexibility index (Phi) is 4.54. The van der Waals surface area contributed by atoms with E-state index in [1.54, 1.807) is 0 Å². The molecule has 2 unspecified atom stereocenters. The Morgan fingerprint density at radius 1 is 1.17 bits per heavy atom. The Morgan fingerprint density at radius 2 is 1.83 bits per heavy atom. The topological polar surface area (TPSA) is 15.3 Å². The predicted octanol–water partition coefficient (Wildman–Crippen LogP) is 2.65. The van der Waals surface area contributed by atoms with E-state index in [2.05, 4.69) is 17.1 Å². The average molecular weight is 264 g/mol. The van der Waals surface area contributed by atoms with Crippen LogP contribution >= 0.6 is 0 Å². The zero-order chi connectivity index (χ0) is 13.2. The molecule has 0 radical (unpaired) electrons. The summed E-state index contributed by atoms with van der Waals surface area (Å²) in [6.07, 6.45) is -1.01. The summed E-state index contributed by atoms with van der Waals surface area (Å²) in [7, 11) is 0. The van der Waals surface area contributed by atoms with Crippen molar-refractivity contribution in [1.82, 2.24) is 10.2 Å². The maximum absolute atomic E-state index is 12.6. The molecule has 0 aromatic heterocycles. The Morgan fingerprint density at radius 3 is 2.39 bits per heavy atom. The Labute approximate surface area is 107 Å². The number of rotatable bonds is 2. The fourth-order valence-electron chi connectivity index (χ4n) is 3.08. The van der Waals surface area contributed by atoms with Crippen molar-refractivity contribution in [3.8, 4) is 0 Å². The van der Waals surface area contributed by atoms with Gasteiger partial charge in [-0.25, -0.2) is 0 Å². The van der Waals surface area contributed by atoms with E-state index < -0.39 is 12.1 Å². The van der Waals surface area contributed by atoms with Gasteiger partial charge >= 0.3 is 6.18 Å². The van der Waals surface area contributed by atoms with Gasteiger partial charge < -0.3 is 10.2 Å². The molecule has 2 atom stereocenters. The second-order valence-corrected chi connectivity index (χ2v) is 5.80. The monoisotopic (exact) mass is 264 g/mol. The third-order valence-electron chi connectivity index (χ3n) is 4.44. The molecule has 5 heteroatoms. The van der Waals surface area contributed by atoms with Gasteiger partial charge in [-0.15, -0.1) is 0 Å². The molecule has 2 fully saturated rings. The van der Waals surface area contributed by atoms with Gasteiger partial charge in [-0.1, -0.05) is 6.92 Å². The second-order valence-electron chi connectivity index (χ2n) is 5.80. The lowest BCUT2D eigenvalue weighted by Crippen LogP contribution is -2.50. The molecule has 0 aliphatic carbocycles. The van der Waals surface area contributed by atoms with Crippen LogP contribution in [-0.4, -0.2) is 43.3 Å². The van der Waals surface area contributed by atoms with Crippen LogP contribution < -0.4 is 5.32 Å². The van der Waals surface area contributed by atoms with Crippen molar-refractivity contribution in [3.63, 3.8) is 0 Å². The van der Waals surface area contributed by atoms with Gasteiger partial charge in [0.25, 0.3) is 0 Å². The molecule has 2 aliphatic rings. The second kappa shape index (κ2) is 5.78. The quantitative estimate of drug-likeness (QED) is 0.825. The fourth-order valence-corrected chi connectivity index (χ4v) is 3.08. The lowest BCUT2D eigenvalue weighted by atomic mass is 9.91. The third kappa shape index (κ3) is 3.60. The maximum atomic E-state index is 12.6. The summed E-state index contributed by atoms with van der Waals surface area (Å²) >= 11 is 0. The zero-order valence-electron chi connectivity index (χ0n) is 11.0. The van der Waals surface area contributed by atoms with E-state index in [0.29, 0.717) is 25.0 Å². The number of hydrogen-bond acceptors (Lipinski definition) is 2. The van der Waals surface area contributed by atoms with Gasteiger partial charge in [0.05, 0.1) is 5.92 Å². The molecule has 0 aromatic carbocycles. The fraction of sp³-hybridized carbons (Fsp3) is 1.00. The van der Waals surface area contributed by atoms with Gasteiger partial charge in [0.1, 0.15) is 0 Å². The summed E-state index contributed by atoms with van der Waals surface area (Å²) in [6.45, 7) is 5.38. The highest BCUT2D eigenvalue weighted by Gasteiger charge is 2.41. The van der Waals surface area contributed by atoms with Gasteiger partial charge in [0.15, 0.2) is 0 Å². The molecule has 0 aromatic rings. The highest BCUT2D eigenvalue weighted by Crippen LogP contribution is 2.34. The summed E-state index contributed by atoms with van der Waals surface area (Å²) in [5.74, 6) is -0.440. The first-order valence-electron chi connectivity index (χ1n) is 6.99. The Bertz CT molecular complexity index is 259. The smallest absolute Gasteiger partial charge is 0.312 e. The van der Waals surface area contributed by atoms with Crippen LogP contribution in [-0.2, 0) is 0 Å². The van der Waals surface area contributed by atoms with E-state index in [1.165, 1.54) is 12.8 Å². The van der Waals surface area contributed by atoms with Crippen LogP contribution in [0.1, 0.15) is 32.6 Å². The van der Waals surface area contributed by atoms with Crippen molar-refractivity contribution in [2.24, 2.45) is 11.8 Å². The zero-order valence-corrected chi connectivity index (χ0v) is 11.0. The molecule has 2 saturated heterocycles. The van der Waals surface area contributed by atoms with E-state index >= 15 is 0 Å². The highest BCUT2D eigenvalue weighted by molar-refractivity contribution is 4.84. The molecule has 18 heavy (non-hydrogen) atoms. The number of alkyl halides is 3. The third-order valence-corrected chi connectivity index (χ3v) is 4.44. The van der Waals surface area contributed by atoms with E-state index in [4.69, 9.17) is 0 Å². The summed E-state index contributed by atoms with van der Waals surface area (Å²) in [4.78, 5) is 2.20. The van der Waals surface area contributed by atoms with E-state index in [9.17, 15) is 13.2 Å². The molecule has 0 spiro atoms. The summed E-state index contributed by atoms with van der Waals surface area (Å²) < 4.78 is 37.7. The minimum Gasteiger partial charge on any atom is -0.312 e. The Hall–Kier alpha value is -0.290. The molecular weight excluding hydrogens is 241 g/mol. The highest BCUT2D eigenvalue weighted by atomic mass is 19.4. The molecule has 0 amide bonds. The van der Waals surface area contributed by atoms with Crippen LogP contribution in [0.3, 0.4) is 0 Å². The van der Waals surface area contributed by atoms with Crippen molar-refractivity contribution < 1.29 is 13.2 Å². The van der Waals surface area contributed by atoms with Gasteiger partial charge in [-0.3, -0.25) is 0 Å². The van der Waals surface area contributed by atoms with Crippen LogP contribution in [0.2, 0.25) is 0 Å². The van der Waals surface area contributed by atoms with Crippen molar-refractivity contribution in [3.05, 3.63) is 0 Å². The number of halogens is 3. The van der Waals surface area contributed by atoms with Gasteiger partial charge in [-0.2, -0.15) is 13.2 Å². The number of likely N-dealkylation sites (tertiary alicyclic amines) is 1. The lowest BCUT2D eigenvalue weighted by molar-refractivity contribution is -0.185. The number of nitrogens with one attached hydrogen (secondary N) is 1. The molecule has 2 aliphatic heterocycles. The Balaban J connectivity index is 1.76. The predicted molar refractivity (Wildman–Crippen MR) is 65.4 cm³/mol. The van der Waals surface area contributed by atoms with Crippen molar-refractivity contribution >= 4 is 0 Å². The van der Waals surface area contributed by atoms with E-state index in [1.807, 2.05) is 0 Å². The first kappa shape index (κ1) is 14.1. The molecule has 2 rings (SSSR count). The van der Waals surface area contributed by atoms with Crippen LogP contribution in [0.15, 0.2) is 0 Å². The maximum Gasteiger partial charge on any atom is 0.391 e. The summed E-state index contributed by atoms with van der Waals surface area (Å²) in [6, 6.07) is 0.459. The molecule has 2 heterocycles. The summed E-state index contributed by atoms with van der Waals surface area (Å²) in [5.41, 5.74) is 0. The number of piperidine rings is 2. The van der Waals surface area contributed by atoms with Gasteiger partial charge in [0.2, 0.25) is 0 Å². The molecule has 106 valence electrons. The normalized spacial score (nSPS) is 32.7. The standard InChI is InChI=1S/C13H23F3N2/c1-10-3-2-6-17-12(10)9-18-7-4-11(5-8-18)13(14,15)16/h10-12,17H,2-9H2,1H3. The van der Waals surface area contributed by atoms with Crippen LogP contribution in [0.4, 0.5) is 13.2 Å². The average Bonchev–Trinajstić information content (AvgIpc) is 2.32. The van der Waals surface area contributed by atoms with Gasteiger partial charge in [0, 0.05) is 12.6 Å². The molecule has 0 saturated carbocycles. The van der Waals surface area contributed by atoms with Crippen molar-refractivity contribution in [2.75, 3.05) is 26.2 Å². The largest absolute Gasteiger partial charge is 0.391 e. The minimum atomic E-state index is -4.00. The van der Waals surface area contributed by atoms with Crippen molar-refractivity contribution in [2.45, 2.75) is 44.8 Å². The first-order chi connectivity index (χ1) is 8.47. The SMILES string of the molecule is CC1CCCNC1CN1CCC(C(F)(F)F)CC1. The molecule has 2 nitrogen and oxygen atoms in total. The van der Waals surface area contributed by atoms with Crippen LogP contribution in [0.5, 0.6) is 0 Å².